The summed E-state index contributed by atoms with van der Waals surface area (Å²) in [4.78, 5) is 26.1. The number of rotatable bonds is 5. The van der Waals surface area contributed by atoms with Crippen LogP contribution in [0, 0.1) is 5.82 Å². The van der Waals surface area contributed by atoms with Gasteiger partial charge < -0.3 is 10.2 Å². The molecule has 0 unspecified atom stereocenters. The van der Waals surface area contributed by atoms with Crippen LogP contribution in [0.4, 0.5) is 10.1 Å². The van der Waals surface area contributed by atoms with Crippen molar-refractivity contribution in [2.24, 2.45) is 0 Å². The summed E-state index contributed by atoms with van der Waals surface area (Å²) in [5.74, 6) is -1.23. The van der Waals surface area contributed by atoms with Gasteiger partial charge in [-0.1, -0.05) is 18.2 Å². The molecule has 0 aliphatic heterocycles. The van der Waals surface area contributed by atoms with E-state index >= 15 is 0 Å². The Morgan fingerprint density at radius 3 is 2.39 bits per heavy atom. The van der Waals surface area contributed by atoms with E-state index < -0.39 is 11.7 Å². The van der Waals surface area contributed by atoms with E-state index in [4.69, 9.17) is 0 Å². The second-order valence-electron chi connectivity index (χ2n) is 4.99. The predicted octanol–water partition coefficient (Wildman–Crippen LogP) is 3.56. The normalized spacial score (nSPS) is 10.2. The van der Waals surface area contributed by atoms with Gasteiger partial charge in [0.15, 0.2) is 0 Å². The van der Waals surface area contributed by atoms with Gasteiger partial charge in [-0.25, -0.2) is 4.39 Å². The maximum absolute atomic E-state index is 13.6. The number of amides is 2. The molecular weight excluding hydrogens is 295 g/mol. The molecule has 0 aliphatic rings. The lowest BCUT2D eigenvalue weighted by molar-refractivity contribution is 0.0772. The predicted molar refractivity (Wildman–Crippen MR) is 88.0 cm³/mol. The molecule has 0 aliphatic carbocycles. The number of benzene rings is 2. The third-order valence-corrected chi connectivity index (χ3v) is 3.54. The lowest BCUT2D eigenvalue weighted by Gasteiger charge is -2.19. The molecule has 2 aromatic carbocycles. The molecule has 0 saturated heterocycles. The number of hydrogen-bond acceptors (Lipinski definition) is 2. The third-order valence-electron chi connectivity index (χ3n) is 3.54. The highest BCUT2D eigenvalue weighted by molar-refractivity contribution is 6.05. The van der Waals surface area contributed by atoms with E-state index in [1.54, 1.807) is 35.2 Å². The number of halogens is 1. The first-order valence-electron chi connectivity index (χ1n) is 7.52. The number of nitrogens with zero attached hydrogens (tertiary/aromatic N) is 1. The molecule has 4 nitrogen and oxygen atoms in total. The first kappa shape index (κ1) is 16.7. The van der Waals surface area contributed by atoms with E-state index in [0.29, 0.717) is 24.3 Å². The van der Waals surface area contributed by atoms with Gasteiger partial charge in [0.25, 0.3) is 11.8 Å². The Balaban J connectivity index is 2.19. The Morgan fingerprint density at radius 2 is 1.74 bits per heavy atom. The summed E-state index contributed by atoms with van der Waals surface area (Å²) in [6.45, 7) is 5.04. The zero-order valence-electron chi connectivity index (χ0n) is 13.2. The van der Waals surface area contributed by atoms with Gasteiger partial charge in [0.1, 0.15) is 5.82 Å². The van der Waals surface area contributed by atoms with Gasteiger partial charge in [-0.05, 0) is 44.2 Å². The monoisotopic (exact) mass is 314 g/mol. The number of anilines is 1. The van der Waals surface area contributed by atoms with Gasteiger partial charge in [0.05, 0.1) is 5.56 Å². The number of nitrogens with one attached hydrogen (secondary N) is 1. The van der Waals surface area contributed by atoms with Crippen molar-refractivity contribution in [3.05, 3.63) is 65.5 Å². The fourth-order valence-electron chi connectivity index (χ4n) is 2.27. The Morgan fingerprint density at radius 1 is 1.04 bits per heavy atom. The zero-order chi connectivity index (χ0) is 16.8. The lowest BCUT2D eigenvalue weighted by atomic mass is 10.1. The number of hydrogen-bond donors (Lipinski definition) is 1. The van der Waals surface area contributed by atoms with Crippen LogP contribution in [0.3, 0.4) is 0 Å². The van der Waals surface area contributed by atoms with Crippen LogP contribution in [0.25, 0.3) is 0 Å². The van der Waals surface area contributed by atoms with E-state index in [1.807, 2.05) is 13.8 Å². The van der Waals surface area contributed by atoms with Crippen LogP contribution in [-0.4, -0.2) is 29.8 Å². The largest absolute Gasteiger partial charge is 0.339 e. The minimum atomic E-state index is -0.583. The highest BCUT2D eigenvalue weighted by Crippen LogP contribution is 2.15. The van der Waals surface area contributed by atoms with E-state index in [0.717, 1.165) is 0 Å². The third kappa shape index (κ3) is 3.94. The Hall–Kier alpha value is -2.69. The Labute approximate surface area is 134 Å². The number of carbonyl (C=O) groups excluding carboxylic acids is 2. The zero-order valence-corrected chi connectivity index (χ0v) is 13.2. The van der Waals surface area contributed by atoms with Crippen LogP contribution < -0.4 is 5.32 Å². The minimum absolute atomic E-state index is 0.0343. The van der Waals surface area contributed by atoms with Crippen molar-refractivity contribution in [2.45, 2.75) is 13.8 Å². The van der Waals surface area contributed by atoms with Crippen molar-refractivity contribution >= 4 is 17.5 Å². The van der Waals surface area contributed by atoms with Crippen molar-refractivity contribution in [3.8, 4) is 0 Å². The first-order valence-corrected chi connectivity index (χ1v) is 7.52. The van der Waals surface area contributed by atoms with Crippen LogP contribution in [0.5, 0.6) is 0 Å². The van der Waals surface area contributed by atoms with Crippen LogP contribution in [0.1, 0.15) is 34.6 Å². The average Bonchev–Trinajstić information content (AvgIpc) is 2.56. The Bertz CT molecular complexity index is 712. The SMILES string of the molecule is CCN(CC)C(=O)c1cccc(NC(=O)c2ccccc2F)c1. The van der Waals surface area contributed by atoms with Crippen LogP contribution in [0.2, 0.25) is 0 Å². The molecule has 0 bridgehead atoms. The van der Waals surface area contributed by atoms with Gasteiger partial charge >= 0.3 is 0 Å². The molecule has 2 aromatic rings. The fraction of sp³-hybridized carbons (Fsp3) is 0.222. The fourth-order valence-corrected chi connectivity index (χ4v) is 2.27. The molecule has 120 valence electrons. The average molecular weight is 314 g/mol. The highest BCUT2D eigenvalue weighted by atomic mass is 19.1. The van der Waals surface area contributed by atoms with E-state index in [-0.39, 0.29) is 11.5 Å². The van der Waals surface area contributed by atoms with Crippen LogP contribution in [-0.2, 0) is 0 Å². The molecule has 2 rings (SSSR count). The van der Waals surface area contributed by atoms with Gasteiger partial charge in [-0.2, -0.15) is 0 Å². The van der Waals surface area contributed by atoms with Gasteiger partial charge in [0, 0.05) is 24.3 Å². The second kappa shape index (κ2) is 7.54. The molecular formula is C18H19FN2O2. The van der Waals surface area contributed by atoms with Crippen molar-refractivity contribution in [1.29, 1.82) is 0 Å². The highest BCUT2D eigenvalue weighted by Gasteiger charge is 2.14. The van der Waals surface area contributed by atoms with Crippen molar-refractivity contribution in [3.63, 3.8) is 0 Å². The van der Waals surface area contributed by atoms with Gasteiger partial charge in [-0.3, -0.25) is 9.59 Å². The van der Waals surface area contributed by atoms with Gasteiger partial charge in [-0.15, -0.1) is 0 Å². The molecule has 0 saturated carbocycles. The molecule has 2 amide bonds. The second-order valence-corrected chi connectivity index (χ2v) is 4.99. The Kier molecular flexibility index (Phi) is 5.46. The maximum atomic E-state index is 13.6. The van der Waals surface area contributed by atoms with E-state index in [2.05, 4.69) is 5.32 Å². The minimum Gasteiger partial charge on any atom is -0.339 e. The summed E-state index contributed by atoms with van der Waals surface area (Å²) in [6, 6.07) is 12.4. The summed E-state index contributed by atoms with van der Waals surface area (Å²) in [5.41, 5.74) is 0.907. The summed E-state index contributed by atoms with van der Waals surface area (Å²) >= 11 is 0. The molecule has 5 heteroatoms. The van der Waals surface area contributed by atoms with Crippen molar-refractivity contribution < 1.29 is 14.0 Å². The molecule has 0 atom stereocenters. The molecule has 1 N–H and O–H groups in total. The summed E-state index contributed by atoms with van der Waals surface area (Å²) in [7, 11) is 0. The van der Waals surface area contributed by atoms with Crippen molar-refractivity contribution in [2.75, 3.05) is 18.4 Å². The summed E-state index contributed by atoms with van der Waals surface area (Å²) < 4.78 is 13.6. The quantitative estimate of drug-likeness (QED) is 0.917. The molecule has 0 spiro atoms. The number of carbonyl (C=O) groups is 2. The molecule has 0 radical (unpaired) electrons. The molecule has 0 heterocycles. The molecule has 23 heavy (non-hydrogen) atoms. The topological polar surface area (TPSA) is 49.4 Å². The molecule has 0 fully saturated rings. The smallest absolute Gasteiger partial charge is 0.258 e. The van der Waals surface area contributed by atoms with Crippen LogP contribution in [0.15, 0.2) is 48.5 Å². The lowest BCUT2D eigenvalue weighted by Crippen LogP contribution is -2.30. The van der Waals surface area contributed by atoms with Gasteiger partial charge in [0.2, 0.25) is 0 Å². The first-order chi connectivity index (χ1) is 11.1. The van der Waals surface area contributed by atoms with E-state index in [9.17, 15) is 14.0 Å². The summed E-state index contributed by atoms with van der Waals surface area (Å²) in [6.07, 6.45) is 0. The standard InChI is InChI=1S/C18H19FN2O2/c1-3-21(4-2)18(23)13-8-7-9-14(12-13)20-17(22)15-10-5-6-11-16(15)19/h5-12H,3-4H2,1-2H3,(H,20,22). The van der Waals surface area contributed by atoms with Crippen molar-refractivity contribution in [1.82, 2.24) is 4.90 Å². The van der Waals surface area contributed by atoms with E-state index in [1.165, 1.54) is 18.2 Å². The maximum Gasteiger partial charge on any atom is 0.258 e. The van der Waals surface area contributed by atoms with Crippen LogP contribution >= 0.6 is 0 Å². The summed E-state index contributed by atoms with van der Waals surface area (Å²) in [5, 5.41) is 2.62. The molecule has 0 aromatic heterocycles.